The van der Waals surface area contributed by atoms with E-state index in [9.17, 15) is 4.79 Å². The van der Waals surface area contributed by atoms with Crippen LogP contribution in [0.2, 0.25) is 0 Å². The Morgan fingerprint density at radius 1 is 1.22 bits per heavy atom. The van der Waals surface area contributed by atoms with Gasteiger partial charge in [-0.05, 0) is 57.9 Å². The van der Waals surface area contributed by atoms with E-state index in [4.69, 9.17) is 4.74 Å². The predicted octanol–water partition coefficient (Wildman–Crippen LogP) is 1.85. The van der Waals surface area contributed by atoms with E-state index in [2.05, 4.69) is 5.32 Å². The molecule has 0 aromatic carbocycles. The first-order valence-corrected chi connectivity index (χ1v) is 7.16. The monoisotopic (exact) mass is 252 g/mol. The number of fused-ring (bicyclic) bond motifs is 2. The van der Waals surface area contributed by atoms with Crippen molar-refractivity contribution in [3.05, 3.63) is 0 Å². The molecule has 4 nitrogen and oxygen atoms in total. The third kappa shape index (κ3) is 2.00. The number of nitrogens with one attached hydrogen (secondary N) is 1. The van der Waals surface area contributed by atoms with Crippen LogP contribution in [-0.2, 0) is 4.74 Å². The van der Waals surface area contributed by atoms with Gasteiger partial charge >= 0.3 is 6.09 Å². The molecule has 4 heteroatoms. The Labute approximate surface area is 109 Å². The highest BCUT2D eigenvalue weighted by Crippen LogP contribution is 2.45. The minimum Gasteiger partial charge on any atom is -0.444 e. The van der Waals surface area contributed by atoms with E-state index in [0.717, 1.165) is 32.0 Å². The number of rotatable bonds is 0. The van der Waals surface area contributed by atoms with Crippen molar-refractivity contribution >= 4 is 6.09 Å². The predicted molar refractivity (Wildman–Crippen MR) is 69.3 cm³/mol. The second-order valence-electron chi connectivity index (χ2n) is 7.02. The maximum absolute atomic E-state index is 12.3. The summed E-state index contributed by atoms with van der Waals surface area (Å²) in [5.74, 6) is 2.13. The average molecular weight is 252 g/mol. The molecule has 0 aromatic rings. The van der Waals surface area contributed by atoms with Gasteiger partial charge in [0.1, 0.15) is 5.60 Å². The molecule has 4 fully saturated rings. The van der Waals surface area contributed by atoms with Crippen molar-refractivity contribution in [2.24, 2.45) is 17.8 Å². The molecule has 3 aliphatic heterocycles. The van der Waals surface area contributed by atoms with Crippen LogP contribution < -0.4 is 5.32 Å². The lowest BCUT2D eigenvalue weighted by molar-refractivity contribution is -0.0455. The topological polar surface area (TPSA) is 41.6 Å². The summed E-state index contributed by atoms with van der Waals surface area (Å²) < 4.78 is 5.54. The van der Waals surface area contributed by atoms with Crippen LogP contribution in [0, 0.1) is 17.8 Å². The molecule has 3 saturated heterocycles. The Kier molecular flexibility index (Phi) is 2.81. The lowest BCUT2D eigenvalue weighted by Crippen LogP contribution is -2.59. The number of carbonyl (C=O) groups is 1. The van der Waals surface area contributed by atoms with Gasteiger partial charge in [-0.3, -0.25) is 0 Å². The van der Waals surface area contributed by atoms with Gasteiger partial charge in [0.15, 0.2) is 0 Å². The molecule has 0 unspecified atom stereocenters. The number of hydrogen-bond donors (Lipinski definition) is 1. The van der Waals surface area contributed by atoms with Gasteiger partial charge in [-0.2, -0.15) is 0 Å². The maximum atomic E-state index is 12.3. The summed E-state index contributed by atoms with van der Waals surface area (Å²) in [7, 11) is 0. The van der Waals surface area contributed by atoms with Gasteiger partial charge in [-0.1, -0.05) is 0 Å². The molecule has 1 aliphatic carbocycles. The highest BCUT2D eigenvalue weighted by atomic mass is 16.6. The SMILES string of the molecule is CC(C)(C)OC(=O)N1C[C@H]2CC[C@H]1[C@@H]1CNC[C@H]21. The minimum absolute atomic E-state index is 0.109. The number of carbonyl (C=O) groups excluding carboxylic acids is 1. The average Bonchev–Trinajstić information content (AvgIpc) is 2.77. The molecule has 18 heavy (non-hydrogen) atoms. The summed E-state index contributed by atoms with van der Waals surface area (Å²) in [4.78, 5) is 14.3. The van der Waals surface area contributed by atoms with Gasteiger partial charge < -0.3 is 15.0 Å². The van der Waals surface area contributed by atoms with Crippen molar-refractivity contribution in [3.63, 3.8) is 0 Å². The molecular formula is C14H24N2O2. The molecule has 1 saturated carbocycles. The second-order valence-corrected chi connectivity index (χ2v) is 7.02. The molecule has 4 rings (SSSR count). The van der Waals surface area contributed by atoms with E-state index in [1.165, 1.54) is 6.42 Å². The van der Waals surface area contributed by atoms with Crippen LogP contribution >= 0.6 is 0 Å². The molecule has 0 spiro atoms. The molecule has 0 radical (unpaired) electrons. The van der Waals surface area contributed by atoms with Gasteiger partial charge in [0.25, 0.3) is 0 Å². The zero-order valence-electron chi connectivity index (χ0n) is 11.6. The summed E-state index contributed by atoms with van der Waals surface area (Å²) in [6.45, 7) is 8.94. The van der Waals surface area contributed by atoms with E-state index in [0.29, 0.717) is 17.9 Å². The van der Waals surface area contributed by atoms with Gasteiger partial charge in [0, 0.05) is 19.1 Å². The molecular weight excluding hydrogens is 228 g/mol. The first kappa shape index (κ1) is 12.3. The van der Waals surface area contributed by atoms with Gasteiger partial charge in [0.05, 0.1) is 0 Å². The number of piperidine rings is 2. The zero-order chi connectivity index (χ0) is 12.9. The van der Waals surface area contributed by atoms with Crippen molar-refractivity contribution in [1.82, 2.24) is 10.2 Å². The van der Waals surface area contributed by atoms with E-state index in [-0.39, 0.29) is 11.7 Å². The fraction of sp³-hybridized carbons (Fsp3) is 0.929. The first-order valence-electron chi connectivity index (χ1n) is 7.16. The normalized spacial score (nSPS) is 38.7. The Morgan fingerprint density at radius 3 is 2.67 bits per heavy atom. The van der Waals surface area contributed by atoms with Crippen LogP contribution in [0.15, 0.2) is 0 Å². The van der Waals surface area contributed by atoms with Crippen LogP contribution in [-0.4, -0.2) is 42.3 Å². The number of amides is 1. The molecule has 3 heterocycles. The van der Waals surface area contributed by atoms with Crippen LogP contribution in [0.5, 0.6) is 0 Å². The third-order valence-electron chi connectivity index (χ3n) is 4.70. The Bertz CT molecular complexity index is 350. The molecule has 1 amide bonds. The van der Waals surface area contributed by atoms with E-state index < -0.39 is 0 Å². The number of hydrogen-bond acceptors (Lipinski definition) is 3. The Hall–Kier alpha value is -0.770. The Morgan fingerprint density at radius 2 is 1.94 bits per heavy atom. The lowest BCUT2D eigenvalue weighted by Gasteiger charge is -2.51. The van der Waals surface area contributed by atoms with Crippen molar-refractivity contribution in [2.45, 2.75) is 45.3 Å². The van der Waals surface area contributed by atoms with Gasteiger partial charge in [-0.25, -0.2) is 4.79 Å². The fourth-order valence-corrected chi connectivity index (χ4v) is 4.00. The highest BCUT2D eigenvalue weighted by Gasteiger charge is 2.51. The summed E-state index contributed by atoms with van der Waals surface area (Å²) in [6.07, 6.45) is 2.34. The first-order chi connectivity index (χ1) is 8.46. The summed E-state index contributed by atoms with van der Waals surface area (Å²) in [6, 6.07) is 0.407. The molecule has 0 aromatic heterocycles. The van der Waals surface area contributed by atoms with E-state index in [1.807, 2.05) is 25.7 Å². The Balaban J connectivity index is 1.73. The molecule has 102 valence electrons. The standard InChI is InChI=1S/C14H24N2O2/c1-14(2,3)18-13(17)16-8-9-4-5-12(16)11-7-15-6-10(9)11/h9-12,15H,4-8H2,1-3H3/t9-,10-,11-,12+/m1/s1. The molecule has 2 bridgehead atoms. The summed E-state index contributed by atoms with van der Waals surface area (Å²) >= 11 is 0. The van der Waals surface area contributed by atoms with Crippen LogP contribution in [0.3, 0.4) is 0 Å². The van der Waals surface area contributed by atoms with Gasteiger partial charge in [0.2, 0.25) is 0 Å². The van der Waals surface area contributed by atoms with Crippen molar-refractivity contribution in [3.8, 4) is 0 Å². The van der Waals surface area contributed by atoms with E-state index >= 15 is 0 Å². The molecule has 4 atom stereocenters. The number of nitrogens with zero attached hydrogens (tertiary/aromatic N) is 1. The van der Waals surface area contributed by atoms with Crippen molar-refractivity contribution < 1.29 is 9.53 Å². The zero-order valence-corrected chi connectivity index (χ0v) is 11.6. The largest absolute Gasteiger partial charge is 0.444 e. The highest BCUT2D eigenvalue weighted by molar-refractivity contribution is 5.69. The third-order valence-corrected chi connectivity index (χ3v) is 4.70. The van der Waals surface area contributed by atoms with Crippen molar-refractivity contribution in [2.75, 3.05) is 19.6 Å². The van der Waals surface area contributed by atoms with Crippen LogP contribution in [0.25, 0.3) is 0 Å². The van der Waals surface area contributed by atoms with Crippen molar-refractivity contribution in [1.29, 1.82) is 0 Å². The lowest BCUT2D eigenvalue weighted by atomic mass is 9.67. The quantitative estimate of drug-likeness (QED) is 0.715. The minimum atomic E-state index is -0.388. The van der Waals surface area contributed by atoms with Gasteiger partial charge in [-0.15, -0.1) is 0 Å². The molecule has 4 aliphatic rings. The fourth-order valence-electron chi connectivity index (χ4n) is 4.00. The maximum Gasteiger partial charge on any atom is 0.410 e. The molecule has 1 N–H and O–H groups in total. The number of ether oxygens (including phenoxy) is 1. The van der Waals surface area contributed by atoms with Crippen LogP contribution in [0.1, 0.15) is 33.6 Å². The summed E-state index contributed by atoms with van der Waals surface area (Å²) in [5, 5.41) is 3.49. The second kappa shape index (κ2) is 4.12. The van der Waals surface area contributed by atoms with Crippen LogP contribution in [0.4, 0.5) is 4.79 Å². The smallest absolute Gasteiger partial charge is 0.410 e. The van der Waals surface area contributed by atoms with E-state index in [1.54, 1.807) is 0 Å². The summed E-state index contributed by atoms with van der Waals surface area (Å²) in [5.41, 5.74) is -0.388.